The number of nitrogens with zero attached hydrogens (tertiary/aromatic N) is 3. The highest BCUT2D eigenvalue weighted by atomic mass is 16.6. The van der Waals surface area contributed by atoms with E-state index < -0.39 is 6.10 Å². The Kier molecular flexibility index (Phi) is 21.3. The zero-order chi connectivity index (χ0) is 23.9. The zero-order valence-corrected chi connectivity index (χ0v) is 21.2. The maximum Gasteiger partial charge on any atom is 0.154 e. The highest BCUT2D eigenvalue weighted by Crippen LogP contribution is 2.06. The fraction of sp³-hybridized carbons (Fsp3) is 0.875. The molecule has 0 heterocycles. The van der Waals surface area contributed by atoms with E-state index in [0.717, 1.165) is 38.5 Å². The van der Waals surface area contributed by atoms with Gasteiger partial charge in [-0.15, -0.1) is 0 Å². The lowest BCUT2D eigenvalue weighted by Crippen LogP contribution is -2.35. The van der Waals surface area contributed by atoms with E-state index >= 15 is 0 Å². The van der Waals surface area contributed by atoms with Crippen LogP contribution >= 0.6 is 0 Å². The summed E-state index contributed by atoms with van der Waals surface area (Å²) in [7, 11) is 0. The Morgan fingerprint density at radius 1 is 0.656 bits per heavy atom. The smallest absolute Gasteiger partial charge is 0.154 e. The summed E-state index contributed by atoms with van der Waals surface area (Å²) in [5.74, 6) is 5.46. The van der Waals surface area contributed by atoms with Crippen molar-refractivity contribution in [2.75, 3.05) is 19.8 Å². The summed E-state index contributed by atoms with van der Waals surface area (Å²) in [6, 6.07) is 0. The molecular formula is C24H48N4O4. The van der Waals surface area contributed by atoms with E-state index in [4.69, 9.17) is 25.2 Å². The largest absolute Gasteiger partial charge is 0.396 e. The van der Waals surface area contributed by atoms with Crippen LogP contribution in [0.2, 0.25) is 0 Å². The summed E-state index contributed by atoms with van der Waals surface area (Å²) in [6.45, 7) is 11.7. The van der Waals surface area contributed by atoms with Gasteiger partial charge in [0.15, 0.2) is 5.71 Å². The Morgan fingerprint density at radius 2 is 1.09 bits per heavy atom. The second-order valence-electron chi connectivity index (χ2n) is 8.05. The van der Waals surface area contributed by atoms with Gasteiger partial charge in [0, 0.05) is 0 Å². The predicted octanol–water partition coefficient (Wildman–Crippen LogP) is 6.14. The van der Waals surface area contributed by atoms with E-state index in [2.05, 4.69) is 36.2 Å². The molecule has 0 bridgehead atoms. The third-order valence-electron chi connectivity index (χ3n) is 4.96. The number of nitrogens with two attached hydrogens (primary N) is 1. The maximum absolute atomic E-state index is 5.58. The number of hydrogen-bond acceptors (Lipinski definition) is 8. The number of hydrogen-bond donors (Lipinski definition) is 1. The van der Waals surface area contributed by atoms with Crippen LogP contribution in [0.4, 0.5) is 0 Å². The number of unbranched alkanes of at least 4 members (excludes halogenated alkanes) is 9. The molecule has 8 heteroatoms. The molecule has 8 nitrogen and oxygen atoms in total. The Labute approximate surface area is 195 Å². The van der Waals surface area contributed by atoms with Crippen molar-refractivity contribution in [1.29, 1.82) is 0 Å². The average Bonchev–Trinajstić information content (AvgIpc) is 2.80. The molecule has 0 aromatic heterocycles. The van der Waals surface area contributed by atoms with Crippen molar-refractivity contribution in [3.63, 3.8) is 0 Å². The quantitative estimate of drug-likeness (QED) is 0.120. The third kappa shape index (κ3) is 16.0. The van der Waals surface area contributed by atoms with E-state index in [9.17, 15) is 0 Å². The van der Waals surface area contributed by atoms with Crippen LogP contribution in [0, 0.1) is 0 Å². The first-order chi connectivity index (χ1) is 15.6. The maximum atomic E-state index is 5.58. The van der Waals surface area contributed by atoms with Crippen LogP contribution in [0.25, 0.3) is 0 Å². The van der Waals surface area contributed by atoms with E-state index in [-0.39, 0.29) is 0 Å². The van der Waals surface area contributed by atoms with Crippen molar-refractivity contribution in [3.8, 4) is 0 Å². The minimum Gasteiger partial charge on any atom is -0.396 e. The van der Waals surface area contributed by atoms with Crippen LogP contribution in [0.1, 0.15) is 112 Å². The second-order valence-corrected chi connectivity index (χ2v) is 8.05. The van der Waals surface area contributed by atoms with Gasteiger partial charge in [-0.25, -0.2) is 5.90 Å². The molecule has 0 radical (unpaired) electrons. The predicted molar refractivity (Wildman–Crippen MR) is 133 cm³/mol. The fourth-order valence-corrected chi connectivity index (χ4v) is 2.86. The van der Waals surface area contributed by atoms with E-state index in [1.165, 1.54) is 38.5 Å². The van der Waals surface area contributed by atoms with Gasteiger partial charge in [-0.05, 0) is 52.4 Å². The SMILES string of the molecule is CCCCCCON=C(C)C(=NOCCCCCC)C(=NOCCCCCC)C(C)ON. The van der Waals surface area contributed by atoms with Gasteiger partial charge in [-0.2, -0.15) is 0 Å². The molecule has 0 spiro atoms. The minimum absolute atomic E-state index is 0.431. The standard InChI is InChI=1S/C24H48N4O4/c1-6-9-12-15-18-29-26-21(4)23(27-30-19-16-13-10-7-2)24(22(5)32-25)28-31-20-17-14-11-8-3/h22H,6-20,25H2,1-5H3. The normalized spacial score (nSPS) is 13.9. The molecule has 0 amide bonds. The van der Waals surface area contributed by atoms with Gasteiger partial charge in [-0.3, -0.25) is 4.84 Å². The summed E-state index contributed by atoms with van der Waals surface area (Å²) < 4.78 is 0. The first-order valence-electron chi connectivity index (χ1n) is 12.5. The Hall–Kier alpha value is -1.67. The molecule has 0 aliphatic heterocycles. The Morgan fingerprint density at radius 3 is 1.53 bits per heavy atom. The van der Waals surface area contributed by atoms with E-state index in [0.29, 0.717) is 37.0 Å². The number of rotatable bonds is 22. The van der Waals surface area contributed by atoms with Gasteiger partial charge in [0.2, 0.25) is 0 Å². The lowest BCUT2D eigenvalue weighted by Gasteiger charge is -2.14. The van der Waals surface area contributed by atoms with Crippen molar-refractivity contribution >= 4 is 17.1 Å². The van der Waals surface area contributed by atoms with Crippen molar-refractivity contribution in [2.24, 2.45) is 21.4 Å². The van der Waals surface area contributed by atoms with E-state index in [1.807, 2.05) is 6.92 Å². The zero-order valence-electron chi connectivity index (χ0n) is 21.2. The van der Waals surface area contributed by atoms with Crippen molar-refractivity contribution < 1.29 is 19.4 Å². The second kappa shape index (κ2) is 22.5. The van der Waals surface area contributed by atoms with Crippen LogP contribution in [0.5, 0.6) is 0 Å². The van der Waals surface area contributed by atoms with Gasteiger partial charge in [0.1, 0.15) is 37.3 Å². The molecule has 1 unspecified atom stereocenters. The van der Waals surface area contributed by atoms with Gasteiger partial charge < -0.3 is 14.5 Å². The van der Waals surface area contributed by atoms with Crippen molar-refractivity contribution in [1.82, 2.24) is 0 Å². The first kappa shape index (κ1) is 30.3. The molecule has 0 fully saturated rings. The lowest BCUT2D eigenvalue weighted by molar-refractivity contribution is 0.100. The molecule has 188 valence electrons. The molecule has 0 rings (SSSR count). The van der Waals surface area contributed by atoms with Gasteiger partial charge in [0.05, 0.1) is 0 Å². The Balaban J connectivity index is 5.22. The highest BCUT2D eigenvalue weighted by molar-refractivity contribution is 6.68. The summed E-state index contributed by atoms with van der Waals surface area (Å²) >= 11 is 0. The van der Waals surface area contributed by atoms with Crippen molar-refractivity contribution in [3.05, 3.63) is 0 Å². The molecule has 0 aliphatic rings. The molecule has 1 atom stereocenters. The molecule has 0 aliphatic carbocycles. The first-order valence-corrected chi connectivity index (χ1v) is 12.5. The monoisotopic (exact) mass is 456 g/mol. The molecule has 0 saturated heterocycles. The van der Waals surface area contributed by atoms with Crippen LogP contribution in [-0.4, -0.2) is 43.1 Å². The fourth-order valence-electron chi connectivity index (χ4n) is 2.86. The minimum atomic E-state index is -0.539. The molecule has 2 N–H and O–H groups in total. The Bertz CT molecular complexity index is 524. The number of oxime groups is 3. The van der Waals surface area contributed by atoms with Crippen LogP contribution in [0.3, 0.4) is 0 Å². The average molecular weight is 457 g/mol. The van der Waals surface area contributed by atoms with Gasteiger partial charge >= 0.3 is 0 Å². The van der Waals surface area contributed by atoms with Crippen LogP contribution in [-0.2, 0) is 19.4 Å². The third-order valence-corrected chi connectivity index (χ3v) is 4.96. The molecular weight excluding hydrogens is 408 g/mol. The topological polar surface area (TPSA) is 100 Å². The van der Waals surface area contributed by atoms with E-state index in [1.54, 1.807) is 6.92 Å². The molecule has 0 aromatic rings. The lowest BCUT2D eigenvalue weighted by atomic mass is 10.1. The summed E-state index contributed by atoms with van der Waals surface area (Å²) in [5, 5.41) is 12.8. The molecule has 32 heavy (non-hydrogen) atoms. The summed E-state index contributed by atoms with van der Waals surface area (Å²) in [5.41, 5.74) is 1.42. The molecule has 0 aromatic carbocycles. The van der Waals surface area contributed by atoms with Gasteiger partial charge in [0.25, 0.3) is 0 Å². The van der Waals surface area contributed by atoms with Crippen LogP contribution < -0.4 is 5.90 Å². The van der Waals surface area contributed by atoms with Gasteiger partial charge in [-0.1, -0.05) is 74.8 Å². The summed E-state index contributed by atoms with van der Waals surface area (Å²) in [6.07, 6.45) is 12.8. The van der Waals surface area contributed by atoms with Crippen molar-refractivity contribution in [2.45, 2.75) is 118 Å². The molecule has 0 saturated carbocycles. The van der Waals surface area contributed by atoms with Crippen LogP contribution in [0.15, 0.2) is 15.5 Å². The highest BCUT2D eigenvalue weighted by Gasteiger charge is 2.23. The summed E-state index contributed by atoms with van der Waals surface area (Å²) in [4.78, 5) is 21.6.